The van der Waals surface area contributed by atoms with Gasteiger partial charge in [-0.3, -0.25) is 13.4 Å². The lowest BCUT2D eigenvalue weighted by atomic mass is 10.1. The number of sulfonamides is 2. The number of halogens is 2. The molecule has 2 aromatic carbocycles. The van der Waals surface area contributed by atoms with Crippen LogP contribution in [0, 0.1) is 0 Å². The topological polar surface area (TPSA) is 208 Å². The highest BCUT2D eigenvalue weighted by molar-refractivity contribution is 7.92. The van der Waals surface area contributed by atoms with Crippen molar-refractivity contribution >= 4 is 37.2 Å². The van der Waals surface area contributed by atoms with Crippen LogP contribution in [0.2, 0.25) is 0 Å². The zero-order chi connectivity index (χ0) is 34.9. The zero-order valence-corrected chi connectivity index (χ0v) is 27.1. The van der Waals surface area contributed by atoms with E-state index in [1.807, 2.05) is 0 Å². The Labute approximate surface area is 274 Å². The summed E-state index contributed by atoms with van der Waals surface area (Å²) in [6, 6.07) is 13.1. The van der Waals surface area contributed by atoms with Gasteiger partial charge in [-0.05, 0) is 23.3 Å². The number of ketones is 1. The molecule has 48 heavy (non-hydrogen) atoms. The Morgan fingerprint density at radius 1 is 0.750 bits per heavy atom. The average molecular weight is 702 g/mol. The van der Waals surface area contributed by atoms with Crippen LogP contribution in [0.1, 0.15) is 33.8 Å². The summed E-state index contributed by atoms with van der Waals surface area (Å²) in [5.74, 6) is -0.956. The van der Waals surface area contributed by atoms with E-state index in [0.29, 0.717) is 28.1 Å². The monoisotopic (exact) mass is 701 g/mol. The highest BCUT2D eigenvalue weighted by Gasteiger charge is 2.21. The van der Waals surface area contributed by atoms with Gasteiger partial charge >= 0.3 is 6.43 Å². The van der Waals surface area contributed by atoms with Crippen LogP contribution in [0.15, 0.2) is 90.4 Å². The van der Waals surface area contributed by atoms with Gasteiger partial charge in [0.25, 0.3) is 5.89 Å². The number of hydrogen-bond donors (Lipinski definition) is 1. The molecular formula is C29H29F2N9O6S2. The number of Topliss-reactive ketones (excluding diaryl/α,β-unsaturated/α-hetero) is 1. The summed E-state index contributed by atoms with van der Waals surface area (Å²) in [5.41, 5.74) is 8.37. The Bertz CT molecular complexity index is 2020. The van der Waals surface area contributed by atoms with Crippen molar-refractivity contribution in [1.29, 1.82) is 0 Å². The predicted molar refractivity (Wildman–Crippen MR) is 171 cm³/mol. The molecule has 0 aliphatic carbocycles. The molecule has 15 nitrogen and oxygen atoms in total. The number of aromatic nitrogens is 6. The van der Waals surface area contributed by atoms with E-state index in [-0.39, 0.29) is 31.3 Å². The van der Waals surface area contributed by atoms with Crippen molar-refractivity contribution in [1.82, 2.24) is 30.1 Å². The number of rotatable bonds is 12. The molecule has 3 aromatic heterocycles. The number of carbonyl (C=O) groups excluding carboxylic acids is 1. The third kappa shape index (κ3) is 9.62. The molecule has 5 aromatic rings. The van der Waals surface area contributed by atoms with Crippen molar-refractivity contribution in [2.45, 2.75) is 19.5 Å². The summed E-state index contributed by atoms with van der Waals surface area (Å²) < 4.78 is 80.3. The largest absolute Gasteiger partial charge is 0.415 e. The van der Waals surface area contributed by atoms with Crippen molar-refractivity contribution in [3.05, 3.63) is 109 Å². The molecule has 0 radical (unpaired) electrons. The molecule has 0 saturated carbocycles. The minimum atomic E-state index is -3.56. The zero-order valence-electron chi connectivity index (χ0n) is 25.5. The molecule has 0 unspecified atom stereocenters. The van der Waals surface area contributed by atoms with E-state index >= 15 is 0 Å². The predicted octanol–water partition coefficient (Wildman–Crippen LogP) is 3.01. The molecular weight excluding hydrogens is 673 g/mol. The normalized spacial score (nSPS) is 11.5. The number of nitrogens with two attached hydrogens (primary N) is 1. The number of alkyl halides is 2. The Hall–Kier alpha value is -5.27. The first-order valence-electron chi connectivity index (χ1n) is 13.7. The van der Waals surface area contributed by atoms with Crippen molar-refractivity contribution in [3.63, 3.8) is 0 Å². The number of anilines is 2. The van der Waals surface area contributed by atoms with Gasteiger partial charge in [0, 0.05) is 11.1 Å². The molecule has 0 aliphatic rings. The average Bonchev–Trinajstić information content (AvgIpc) is 3.57. The summed E-state index contributed by atoms with van der Waals surface area (Å²) in [5, 5.41) is 6.83. The third-order valence-electron chi connectivity index (χ3n) is 6.41. The Kier molecular flexibility index (Phi) is 11.5. The van der Waals surface area contributed by atoms with E-state index < -0.39 is 32.4 Å². The standard InChI is InChI=1S/C15H13F2N5O3S.C14H16N4O3S/c1-26(23,24)22(12-6-18-9-19-7-12)8-10-2-4-11(5-3-10)14-20-21-15(25-14)13(16)17;1-22(20,21)18(13-7-16-10-17-8-13)9-11-2-4-12(5-3-11)14(19)6-15/h2-7,9,13H,8H2,1H3;2-5,7-8,10H,6,9,15H2,1H3. The summed E-state index contributed by atoms with van der Waals surface area (Å²) >= 11 is 0. The van der Waals surface area contributed by atoms with Crippen molar-refractivity contribution in [2.75, 3.05) is 27.7 Å². The van der Waals surface area contributed by atoms with E-state index in [1.165, 1.54) is 41.7 Å². The Morgan fingerprint density at radius 2 is 1.19 bits per heavy atom. The number of benzene rings is 2. The van der Waals surface area contributed by atoms with Crippen LogP contribution in [0.25, 0.3) is 11.5 Å². The van der Waals surface area contributed by atoms with E-state index in [1.54, 1.807) is 48.5 Å². The van der Waals surface area contributed by atoms with Crippen LogP contribution in [-0.2, 0) is 33.1 Å². The number of carbonyl (C=O) groups is 1. The fourth-order valence-corrected chi connectivity index (χ4v) is 5.80. The maximum absolute atomic E-state index is 12.5. The molecule has 252 valence electrons. The van der Waals surface area contributed by atoms with Gasteiger partial charge in [0.15, 0.2) is 5.78 Å². The van der Waals surface area contributed by atoms with Gasteiger partial charge in [-0.2, -0.15) is 8.78 Å². The maximum Gasteiger partial charge on any atom is 0.314 e. The lowest BCUT2D eigenvalue weighted by molar-refractivity contribution is 0.100. The summed E-state index contributed by atoms with van der Waals surface area (Å²) in [6.07, 6.45) is 7.64. The van der Waals surface area contributed by atoms with Gasteiger partial charge in [-0.25, -0.2) is 36.8 Å². The van der Waals surface area contributed by atoms with Gasteiger partial charge in [0.05, 0.1) is 68.3 Å². The lowest BCUT2D eigenvalue weighted by Crippen LogP contribution is -2.29. The molecule has 0 bridgehead atoms. The second-order valence-corrected chi connectivity index (χ2v) is 13.8. The Morgan fingerprint density at radius 3 is 1.56 bits per heavy atom. The molecule has 2 N–H and O–H groups in total. The van der Waals surface area contributed by atoms with Gasteiger partial charge in [-0.1, -0.05) is 36.4 Å². The van der Waals surface area contributed by atoms with Crippen molar-refractivity contribution in [3.8, 4) is 11.5 Å². The molecule has 0 spiro atoms. The smallest absolute Gasteiger partial charge is 0.314 e. The number of hydrogen-bond acceptors (Lipinski definition) is 13. The molecule has 0 aliphatic heterocycles. The van der Waals surface area contributed by atoms with E-state index in [2.05, 4.69) is 30.1 Å². The van der Waals surface area contributed by atoms with Crippen LogP contribution in [-0.4, -0.2) is 71.8 Å². The fourth-order valence-electron chi connectivity index (χ4n) is 4.08. The first-order chi connectivity index (χ1) is 22.8. The molecule has 3 heterocycles. The van der Waals surface area contributed by atoms with Gasteiger partial charge in [0.2, 0.25) is 25.9 Å². The molecule has 0 atom stereocenters. The minimum Gasteiger partial charge on any atom is -0.415 e. The second-order valence-electron chi connectivity index (χ2n) is 10.00. The van der Waals surface area contributed by atoms with Crippen LogP contribution in [0.3, 0.4) is 0 Å². The van der Waals surface area contributed by atoms with Gasteiger partial charge in [0.1, 0.15) is 12.7 Å². The number of nitrogens with zero attached hydrogens (tertiary/aromatic N) is 8. The highest BCUT2D eigenvalue weighted by atomic mass is 32.2. The SMILES string of the molecule is CS(=O)(=O)N(Cc1ccc(-c2nnc(C(F)F)o2)cc1)c1cncnc1.CS(=O)(=O)N(Cc1ccc(C(=O)CN)cc1)c1cncnc1. The van der Waals surface area contributed by atoms with E-state index in [0.717, 1.165) is 22.4 Å². The van der Waals surface area contributed by atoms with Crippen LogP contribution in [0.4, 0.5) is 20.2 Å². The first-order valence-corrected chi connectivity index (χ1v) is 17.4. The highest BCUT2D eigenvalue weighted by Crippen LogP contribution is 2.25. The molecule has 0 fully saturated rings. The van der Waals surface area contributed by atoms with E-state index in [9.17, 15) is 30.4 Å². The molecule has 19 heteroatoms. The van der Waals surface area contributed by atoms with Crippen LogP contribution >= 0.6 is 0 Å². The third-order valence-corrected chi connectivity index (χ3v) is 8.69. The minimum absolute atomic E-state index is 0.0386. The van der Waals surface area contributed by atoms with Crippen LogP contribution < -0.4 is 14.3 Å². The van der Waals surface area contributed by atoms with Gasteiger partial charge in [-0.15, -0.1) is 10.2 Å². The van der Waals surface area contributed by atoms with Gasteiger partial charge < -0.3 is 10.2 Å². The Balaban J connectivity index is 0.000000220. The lowest BCUT2D eigenvalue weighted by Gasteiger charge is -2.21. The fraction of sp³-hybridized carbons (Fsp3) is 0.207. The summed E-state index contributed by atoms with van der Waals surface area (Å²) in [7, 11) is -7.04. The second kappa shape index (κ2) is 15.5. The summed E-state index contributed by atoms with van der Waals surface area (Å²) in [6.45, 7) is 0.123. The summed E-state index contributed by atoms with van der Waals surface area (Å²) in [4.78, 5) is 26.8. The van der Waals surface area contributed by atoms with Crippen molar-refractivity contribution < 1.29 is 34.8 Å². The quantitative estimate of drug-likeness (QED) is 0.186. The maximum atomic E-state index is 12.5. The van der Waals surface area contributed by atoms with E-state index in [4.69, 9.17) is 10.2 Å². The molecule has 0 amide bonds. The van der Waals surface area contributed by atoms with Crippen molar-refractivity contribution in [2.24, 2.45) is 5.73 Å². The first kappa shape index (κ1) is 35.6. The molecule has 0 saturated heterocycles. The molecule has 5 rings (SSSR count). The van der Waals surface area contributed by atoms with Crippen LogP contribution in [0.5, 0.6) is 0 Å².